The van der Waals surface area contributed by atoms with Crippen LogP contribution in [0.5, 0.6) is 0 Å². The van der Waals surface area contributed by atoms with E-state index in [0.29, 0.717) is 12.5 Å². The van der Waals surface area contributed by atoms with Gasteiger partial charge in [-0.05, 0) is 23.3 Å². The van der Waals surface area contributed by atoms with Crippen molar-refractivity contribution in [3.05, 3.63) is 75.6 Å². The van der Waals surface area contributed by atoms with Gasteiger partial charge in [-0.25, -0.2) is 9.38 Å². The molecule has 0 radical (unpaired) electrons. The van der Waals surface area contributed by atoms with Crippen LogP contribution in [0.15, 0.2) is 53.5 Å². The SMILES string of the molecule is CN(C)C(=O)CNC(=NCc1ccc([N+](=O)[O-])cc1)N(C)Cc1ccc(F)cc1. The highest BCUT2D eigenvalue weighted by Crippen LogP contribution is 2.13. The number of amides is 1. The summed E-state index contributed by atoms with van der Waals surface area (Å²) in [5, 5.41) is 13.8. The van der Waals surface area contributed by atoms with E-state index in [1.165, 1.54) is 29.2 Å². The minimum absolute atomic E-state index is 0.0149. The molecule has 1 amide bonds. The predicted octanol–water partition coefficient (Wildman–Crippen LogP) is 2.40. The number of nitro groups is 1. The van der Waals surface area contributed by atoms with Crippen molar-refractivity contribution in [2.45, 2.75) is 13.1 Å². The molecule has 0 fully saturated rings. The van der Waals surface area contributed by atoms with Gasteiger partial charge in [0.25, 0.3) is 5.69 Å². The normalized spacial score (nSPS) is 11.1. The van der Waals surface area contributed by atoms with Crippen molar-refractivity contribution in [2.24, 2.45) is 4.99 Å². The topological polar surface area (TPSA) is 91.1 Å². The first-order valence-electron chi connectivity index (χ1n) is 8.93. The third-order valence-corrected chi connectivity index (χ3v) is 4.15. The van der Waals surface area contributed by atoms with Gasteiger partial charge in [0, 0.05) is 39.8 Å². The Kier molecular flexibility index (Phi) is 7.64. The van der Waals surface area contributed by atoms with Crippen LogP contribution in [0.25, 0.3) is 0 Å². The summed E-state index contributed by atoms with van der Waals surface area (Å²) in [6, 6.07) is 12.3. The number of carbonyl (C=O) groups excluding carboxylic acids is 1. The van der Waals surface area contributed by atoms with Crippen LogP contribution in [-0.2, 0) is 17.9 Å². The number of guanidine groups is 1. The third kappa shape index (κ3) is 6.87. The first-order valence-corrected chi connectivity index (χ1v) is 8.93. The number of nitro benzene ring substituents is 1. The van der Waals surface area contributed by atoms with E-state index in [0.717, 1.165) is 11.1 Å². The molecule has 2 aromatic rings. The Bertz CT molecular complexity index is 867. The highest BCUT2D eigenvalue weighted by Gasteiger charge is 2.11. The molecule has 154 valence electrons. The first kappa shape index (κ1) is 21.8. The summed E-state index contributed by atoms with van der Waals surface area (Å²) >= 11 is 0. The number of hydrogen-bond acceptors (Lipinski definition) is 4. The van der Waals surface area contributed by atoms with Crippen molar-refractivity contribution >= 4 is 17.6 Å². The Morgan fingerprint density at radius 1 is 1.07 bits per heavy atom. The number of hydrogen-bond donors (Lipinski definition) is 1. The molecule has 2 aromatic carbocycles. The highest BCUT2D eigenvalue weighted by molar-refractivity contribution is 5.86. The van der Waals surface area contributed by atoms with E-state index in [1.807, 2.05) is 11.9 Å². The molecule has 0 aliphatic carbocycles. The zero-order chi connectivity index (χ0) is 21.4. The fourth-order valence-corrected chi connectivity index (χ4v) is 2.45. The average Bonchev–Trinajstić information content (AvgIpc) is 2.69. The second-order valence-corrected chi connectivity index (χ2v) is 6.69. The van der Waals surface area contributed by atoms with Gasteiger partial charge in [0.15, 0.2) is 5.96 Å². The van der Waals surface area contributed by atoms with Crippen LogP contribution in [0.1, 0.15) is 11.1 Å². The number of carbonyl (C=O) groups is 1. The van der Waals surface area contributed by atoms with Gasteiger partial charge in [-0.2, -0.15) is 0 Å². The molecule has 8 nitrogen and oxygen atoms in total. The van der Waals surface area contributed by atoms with Crippen molar-refractivity contribution in [1.82, 2.24) is 15.1 Å². The number of non-ortho nitro benzene ring substituents is 1. The number of likely N-dealkylation sites (N-methyl/N-ethyl adjacent to an activating group) is 1. The number of halogens is 1. The molecule has 0 saturated carbocycles. The lowest BCUT2D eigenvalue weighted by Gasteiger charge is -2.23. The lowest BCUT2D eigenvalue weighted by atomic mass is 10.2. The summed E-state index contributed by atoms with van der Waals surface area (Å²) in [6.45, 7) is 0.812. The van der Waals surface area contributed by atoms with E-state index in [9.17, 15) is 19.3 Å². The monoisotopic (exact) mass is 401 g/mol. The third-order valence-electron chi connectivity index (χ3n) is 4.15. The van der Waals surface area contributed by atoms with Gasteiger partial charge in [-0.3, -0.25) is 14.9 Å². The van der Waals surface area contributed by atoms with Crippen LogP contribution in [0.4, 0.5) is 10.1 Å². The van der Waals surface area contributed by atoms with Crippen LogP contribution < -0.4 is 5.32 Å². The number of rotatable bonds is 7. The Labute approximate surface area is 168 Å². The number of benzene rings is 2. The van der Waals surface area contributed by atoms with Gasteiger partial charge in [-0.1, -0.05) is 24.3 Å². The second-order valence-electron chi connectivity index (χ2n) is 6.69. The van der Waals surface area contributed by atoms with Gasteiger partial charge in [0.05, 0.1) is 18.0 Å². The smallest absolute Gasteiger partial charge is 0.269 e. The summed E-state index contributed by atoms with van der Waals surface area (Å²) in [4.78, 5) is 30.1. The fraction of sp³-hybridized carbons (Fsp3) is 0.300. The van der Waals surface area contributed by atoms with Gasteiger partial charge in [0.1, 0.15) is 5.82 Å². The van der Waals surface area contributed by atoms with Crippen molar-refractivity contribution in [1.29, 1.82) is 0 Å². The van der Waals surface area contributed by atoms with E-state index >= 15 is 0 Å². The maximum atomic E-state index is 13.1. The largest absolute Gasteiger partial charge is 0.347 e. The minimum atomic E-state index is -0.455. The lowest BCUT2D eigenvalue weighted by Crippen LogP contribution is -2.43. The molecule has 0 aromatic heterocycles. The molecule has 0 spiro atoms. The first-order chi connectivity index (χ1) is 13.8. The van der Waals surface area contributed by atoms with E-state index in [2.05, 4.69) is 10.3 Å². The van der Waals surface area contributed by atoms with Crippen LogP contribution in [0.3, 0.4) is 0 Å². The van der Waals surface area contributed by atoms with E-state index in [-0.39, 0.29) is 30.5 Å². The van der Waals surface area contributed by atoms with Crippen molar-refractivity contribution < 1.29 is 14.1 Å². The lowest BCUT2D eigenvalue weighted by molar-refractivity contribution is -0.384. The molecule has 1 N–H and O–H groups in total. The number of aliphatic imine (C=N–C) groups is 1. The summed E-state index contributed by atoms with van der Waals surface area (Å²) < 4.78 is 13.1. The van der Waals surface area contributed by atoms with Gasteiger partial charge in [0.2, 0.25) is 5.91 Å². The van der Waals surface area contributed by atoms with Gasteiger partial charge < -0.3 is 15.1 Å². The molecule has 0 aliphatic heterocycles. The molecule has 0 atom stereocenters. The maximum absolute atomic E-state index is 13.1. The molecule has 2 rings (SSSR count). The van der Waals surface area contributed by atoms with E-state index < -0.39 is 4.92 Å². The van der Waals surface area contributed by atoms with Crippen molar-refractivity contribution in [3.8, 4) is 0 Å². The average molecular weight is 401 g/mol. The molecule has 0 bridgehead atoms. The molecule has 0 unspecified atom stereocenters. The van der Waals surface area contributed by atoms with Crippen LogP contribution in [0, 0.1) is 15.9 Å². The Morgan fingerprint density at radius 2 is 1.66 bits per heavy atom. The molecule has 0 saturated heterocycles. The van der Waals surface area contributed by atoms with Crippen LogP contribution in [-0.4, -0.2) is 54.3 Å². The predicted molar refractivity (Wildman–Crippen MR) is 109 cm³/mol. The summed E-state index contributed by atoms with van der Waals surface area (Å²) in [5.74, 6) is 0.0734. The second kappa shape index (κ2) is 10.2. The molecule has 29 heavy (non-hydrogen) atoms. The zero-order valence-electron chi connectivity index (χ0n) is 16.6. The molecular weight excluding hydrogens is 377 g/mol. The summed E-state index contributed by atoms with van der Waals surface area (Å²) in [5.41, 5.74) is 1.70. The quantitative estimate of drug-likeness (QED) is 0.333. The fourth-order valence-electron chi connectivity index (χ4n) is 2.45. The van der Waals surface area contributed by atoms with E-state index in [1.54, 1.807) is 38.4 Å². The van der Waals surface area contributed by atoms with Crippen LogP contribution >= 0.6 is 0 Å². The number of nitrogens with one attached hydrogen (secondary N) is 1. The van der Waals surface area contributed by atoms with Crippen LogP contribution in [0.2, 0.25) is 0 Å². The summed E-state index contributed by atoms with van der Waals surface area (Å²) in [7, 11) is 5.14. The Hall–Kier alpha value is -3.49. The molecule has 9 heteroatoms. The molecule has 0 aliphatic rings. The van der Waals surface area contributed by atoms with Crippen molar-refractivity contribution in [3.63, 3.8) is 0 Å². The number of nitrogens with zero attached hydrogens (tertiary/aromatic N) is 4. The standard InChI is InChI=1S/C20H24FN5O3/c1-24(2)19(27)13-23-20(25(3)14-16-4-8-17(21)9-5-16)22-12-15-6-10-18(11-7-15)26(28)29/h4-11H,12-14H2,1-3H3,(H,22,23). The Morgan fingerprint density at radius 3 is 2.21 bits per heavy atom. The Balaban J connectivity index is 2.13. The van der Waals surface area contributed by atoms with Gasteiger partial charge >= 0.3 is 0 Å². The van der Waals surface area contributed by atoms with Crippen molar-refractivity contribution in [2.75, 3.05) is 27.7 Å². The minimum Gasteiger partial charge on any atom is -0.347 e. The highest BCUT2D eigenvalue weighted by atomic mass is 19.1. The van der Waals surface area contributed by atoms with E-state index in [4.69, 9.17) is 0 Å². The van der Waals surface area contributed by atoms with Gasteiger partial charge in [-0.15, -0.1) is 0 Å². The molecule has 0 heterocycles. The summed E-state index contributed by atoms with van der Waals surface area (Å²) in [6.07, 6.45) is 0. The molecular formula is C20H24FN5O3. The maximum Gasteiger partial charge on any atom is 0.269 e. The zero-order valence-corrected chi connectivity index (χ0v) is 16.6.